The molecule has 1 fully saturated rings. The summed E-state index contributed by atoms with van der Waals surface area (Å²) in [6, 6.07) is 18.1. The van der Waals surface area contributed by atoms with Crippen LogP contribution in [0.4, 0.5) is 10.5 Å². The summed E-state index contributed by atoms with van der Waals surface area (Å²) in [5, 5.41) is 5.31. The monoisotopic (exact) mass is 461 g/mol. The number of benzene rings is 2. The van der Waals surface area contributed by atoms with Gasteiger partial charge in [0.05, 0.1) is 11.4 Å². The number of nitrogens with zero attached hydrogens (tertiary/aromatic N) is 3. The summed E-state index contributed by atoms with van der Waals surface area (Å²) in [5.74, 6) is -1.09. The minimum absolute atomic E-state index is 0.107. The second kappa shape index (κ2) is 9.01. The van der Waals surface area contributed by atoms with Gasteiger partial charge in [0.1, 0.15) is 17.8 Å². The van der Waals surface area contributed by atoms with E-state index < -0.39 is 35.5 Å². The summed E-state index contributed by atoms with van der Waals surface area (Å²) in [4.78, 5) is 52.2. The molecule has 9 heteroatoms. The van der Waals surface area contributed by atoms with Crippen LogP contribution in [0.15, 0.2) is 65.5 Å². The zero-order valence-electron chi connectivity index (χ0n) is 19.4. The van der Waals surface area contributed by atoms with Crippen LogP contribution in [0.2, 0.25) is 0 Å². The van der Waals surface area contributed by atoms with Crippen LogP contribution in [0.1, 0.15) is 24.6 Å². The Balaban J connectivity index is 1.47. The van der Waals surface area contributed by atoms with Crippen molar-refractivity contribution in [3.05, 3.63) is 82.3 Å². The molecule has 2 heterocycles. The van der Waals surface area contributed by atoms with Gasteiger partial charge in [-0.05, 0) is 44.4 Å². The molecule has 1 aliphatic rings. The molecular formula is C25H27N5O4. The van der Waals surface area contributed by atoms with Crippen molar-refractivity contribution >= 4 is 23.5 Å². The number of aromatic nitrogens is 2. The third kappa shape index (κ3) is 4.24. The number of urea groups is 1. The number of imide groups is 1. The Hall–Kier alpha value is -4.14. The van der Waals surface area contributed by atoms with Crippen LogP contribution in [0.3, 0.4) is 0 Å². The van der Waals surface area contributed by atoms with E-state index in [0.717, 1.165) is 10.5 Å². The molecule has 0 aliphatic carbocycles. The van der Waals surface area contributed by atoms with Gasteiger partial charge in [0.2, 0.25) is 5.91 Å². The molecule has 0 radical (unpaired) electrons. The number of carbonyl (C=O) groups excluding carboxylic acids is 3. The number of nitrogens with one attached hydrogen (secondary N) is 2. The van der Waals surface area contributed by atoms with E-state index >= 15 is 0 Å². The van der Waals surface area contributed by atoms with Crippen LogP contribution in [0, 0.1) is 6.92 Å². The van der Waals surface area contributed by atoms with Gasteiger partial charge >= 0.3 is 6.03 Å². The Kier molecular flexibility index (Phi) is 6.10. The summed E-state index contributed by atoms with van der Waals surface area (Å²) >= 11 is 0. The van der Waals surface area contributed by atoms with Crippen molar-refractivity contribution in [2.45, 2.75) is 32.2 Å². The van der Waals surface area contributed by atoms with Gasteiger partial charge in [-0.2, -0.15) is 0 Å². The van der Waals surface area contributed by atoms with Crippen LogP contribution >= 0.6 is 0 Å². The molecule has 176 valence electrons. The van der Waals surface area contributed by atoms with Gasteiger partial charge in [-0.1, -0.05) is 48.5 Å². The number of anilines is 1. The molecule has 9 nitrogen and oxygen atoms in total. The highest BCUT2D eigenvalue weighted by Gasteiger charge is 2.47. The molecule has 4 rings (SSSR count). The number of carbonyl (C=O) groups is 3. The van der Waals surface area contributed by atoms with Gasteiger partial charge in [0.25, 0.3) is 11.5 Å². The standard InChI is InChI=1S/C25H27N5O4/c1-17-21(22(32)30(28(17)3)19-12-8-5-9-13-19)26-20(31)16-29-23(33)25(2,27-24(29)34)15-14-18-10-6-4-7-11-18/h4-13H,14-16H2,1-3H3,(H,26,31)(H,27,34). The first kappa shape index (κ1) is 23.0. The molecule has 0 bridgehead atoms. The lowest BCUT2D eigenvalue weighted by molar-refractivity contribution is -0.133. The maximum Gasteiger partial charge on any atom is 0.325 e. The minimum Gasteiger partial charge on any atom is -0.323 e. The fourth-order valence-corrected chi connectivity index (χ4v) is 4.13. The zero-order chi connectivity index (χ0) is 24.5. The normalized spacial score (nSPS) is 17.7. The number of amides is 4. The lowest BCUT2D eigenvalue weighted by Gasteiger charge is -2.21. The quantitative estimate of drug-likeness (QED) is 0.527. The Morgan fingerprint density at radius 1 is 1.00 bits per heavy atom. The largest absolute Gasteiger partial charge is 0.325 e. The van der Waals surface area contributed by atoms with Crippen LogP contribution in [0.25, 0.3) is 5.69 Å². The van der Waals surface area contributed by atoms with Gasteiger partial charge in [-0.25, -0.2) is 9.48 Å². The van der Waals surface area contributed by atoms with Crippen molar-refractivity contribution in [1.82, 2.24) is 19.6 Å². The molecule has 1 aromatic heterocycles. The van der Waals surface area contributed by atoms with E-state index in [1.54, 1.807) is 37.7 Å². The average Bonchev–Trinajstić information content (AvgIpc) is 3.17. The second-order valence-electron chi connectivity index (χ2n) is 8.62. The second-order valence-corrected chi connectivity index (χ2v) is 8.62. The molecule has 4 amide bonds. The van der Waals surface area contributed by atoms with Crippen molar-refractivity contribution in [2.75, 3.05) is 11.9 Å². The van der Waals surface area contributed by atoms with E-state index in [9.17, 15) is 19.2 Å². The molecule has 2 N–H and O–H groups in total. The molecule has 34 heavy (non-hydrogen) atoms. The number of aryl methyl sites for hydroxylation is 1. The lowest BCUT2D eigenvalue weighted by atomic mass is 9.93. The highest BCUT2D eigenvalue weighted by molar-refractivity contribution is 6.10. The van der Waals surface area contributed by atoms with Crippen molar-refractivity contribution in [1.29, 1.82) is 0 Å². The van der Waals surface area contributed by atoms with E-state index in [-0.39, 0.29) is 5.69 Å². The third-order valence-electron chi connectivity index (χ3n) is 6.22. The van der Waals surface area contributed by atoms with Gasteiger partial charge in [-0.15, -0.1) is 0 Å². The number of hydrogen-bond donors (Lipinski definition) is 2. The molecule has 1 unspecified atom stereocenters. The molecule has 0 saturated carbocycles. The molecule has 1 aliphatic heterocycles. The van der Waals surface area contributed by atoms with Crippen molar-refractivity contribution in [3.8, 4) is 5.69 Å². The number of para-hydroxylation sites is 1. The van der Waals surface area contributed by atoms with Crippen LogP contribution in [-0.4, -0.2) is 44.2 Å². The predicted octanol–water partition coefficient (Wildman–Crippen LogP) is 2.37. The lowest BCUT2D eigenvalue weighted by Crippen LogP contribution is -2.45. The predicted molar refractivity (Wildman–Crippen MR) is 128 cm³/mol. The first-order valence-corrected chi connectivity index (χ1v) is 11.0. The maximum atomic E-state index is 13.0. The summed E-state index contributed by atoms with van der Waals surface area (Å²) < 4.78 is 3.08. The van der Waals surface area contributed by atoms with E-state index in [0.29, 0.717) is 24.2 Å². The van der Waals surface area contributed by atoms with E-state index in [1.807, 2.05) is 48.5 Å². The summed E-state index contributed by atoms with van der Waals surface area (Å²) in [7, 11) is 1.72. The fourth-order valence-electron chi connectivity index (χ4n) is 4.13. The molecular weight excluding hydrogens is 434 g/mol. The fraction of sp³-hybridized carbons (Fsp3) is 0.280. The summed E-state index contributed by atoms with van der Waals surface area (Å²) in [6.07, 6.45) is 1.00. The van der Waals surface area contributed by atoms with Gasteiger partial charge < -0.3 is 10.6 Å². The molecule has 2 aromatic carbocycles. The number of hydrogen-bond acceptors (Lipinski definition) is 4. The highest BCUT2D eigenvalue weighted by atomic mass is 16.2. The SMILES string of the molecule is Cc1c(NC(=O)CN2C(=O)NC(C)(CCc3ccccc3)C2=O)c(=O)n(-c2ccccc2)n1C. The molecule has 1 saturated heterocycles. The molecule has 1 atom stereocenters. The van der Waals surface area contributed by atoms with Crippen molar-refractivity contribution in [2.24, 2.45) is 7.05 Å². The Labute approximate surface area is 197 Å². The first-order valence-electron chi connectivity index (χ1n) is 11.0. The van der Waals surface area contributed by atoms with Gasteiger partial charge in [0.15, 0.2) is 0 Å². The smallest absolute Gasteiger partial charge is 0.323 e. The Bertz CT molecular complexity index is 1300. The minimum atomic E-state index is -1.10. The average molecular weight is 462 g/mol. The van der Waals surface area contributed by atoms with Crippen molar-refractivity contribution in [3.63, 3.8) is 0 Å². The number of rotatable bonds is 7. The maximum absolute atomic E-state index is 13.0. The van der Waals surface area contributed by atoms with E-state index in [4.69, 9.17) is 0 Å². The zero-order valence-corrected chi connectivity index (χ0v) is 19.4. The van der Waals surface area contributed by atoms with Gasteiger partial charge in [-0.3, -0.25) is 24.0 Å². The van der Waals surface area contributed by atoms with Gasteiger partial charge in [0, 0.05) is 7.05 Å². The van der Waals surface area contributed by atoms with Crippen LogP contribution < -0.4 is 16.2 Å². The topological polar surface area (TPSA) is 105 Å². The first-order chi connectivity index (χ1) is 16.2. The summed E-state index contributed by atoms with van der Waals surface area (Å²) in [5.41, 5.74) is 0.862. The summed E-state index contributed by atoms with van der Waals surface area (Å²) in [6.45, 7) is 2.89. The molecule has 0 spiro atoms. The molecule has 3 aromatic rings. The third-order valence-corrected chi connectivity index (χ3v) is 6.22. The van der Waals surface area contributed by atoms with Crippen LogP contribution in [-0.2, 0) is 23.1 Å². The highest BCUT2D eigenvalue weighted by Crippen LogP contribution is 2.23. The van der Waals surface area contributed by atoms with E-state index in [1.165, 1.54) is 4.68 Å². The van der Waals surface area contributed by atoms with Crippen molar-refractivity contribution < 1.29 is 14.4 Å². The van der Waals surface area contributed by atoms with Crippen LogP contribution in [0.5, 0.6) is 0 Å². The van der Waals surface area contributed by atoms with E-state index in [2.05, 4.69) is 10.6 Å². The Morgan fingerprint density at radius 3 is 2.26 bits per heavy atom. The Morgan fingerprint density at radius 2 is 1.62 bits per heavy atom.